The van der Waals surface area contributed by atoms with E-state index in [0.29, 0.717) is 12.2 Å². The molecule has 2 aliphatic rings. The number of anilines is 2. The predicted octanol–water partition coefficient (Wildman–Crippen LogP) is 0.367. The number of benzene rings is 1. The van der Waals surface area contributed by atoms with Crippen LogP contribution < -0.4 is 21.4 Å². The highest BCUT2D eigenvalue weighted by molar-refractivity contribution is 5.90. The van der Waals surface area contributed by atoms with Gasteiger partial charge in [-0.2, -0.15) is 5.10 Å². The van der Waals surface area contributed by atoms with E-state index in [4.69, 9.17) is 21.4 Å². The fourth-order valence-electron chi connectivity index (χ4n) is 3.03. The molecule has 1 aromatic rings. The summed E-state index contributed by atoms with van der Waals surface area (Å²) in [6.45, 7) is 4.33. The van der Waals surface area contributed by atoms with Crippen LogP contribution in [0.25, 0.3) is 0 Å². The Hall–Kier alpha value is -3.38. The molecule has 0 aromatic heterocycles. The fourth-order valence-corrected chi connectivity index (χ4v) is 3.03. The van der Waals surface area contributed by atoms with Crippen LogP contribution in [0.3, 0.4) is 0 Å². The Labute approximate surface area is 179 Å². The second-order valence-corrected chi connectivity index (χ2v) is 6.39. The summed E-state index contributed by atoms with van der Waals surface area (Å²) in [6, 6.07) is 4.35. The third-order valence-corrected chi connectivity index (χ3v) is 4.42. The maximum absolute atomic E-state index is 14.7. The van der Waals surface area contributed by atoms with Crippen molar-refractivity contribution >= 4 is 29.7 Å². The van der Waals surface area contributed by atoms with Gasteiger partial charge in [-0.05, 0) is 18.2 Å². The number of hydrazine groups is 1. The van der Waals surface area contributed by atoms with Crippen LogP contribution in [0, 0.1) is 5.82 Å². The predicted molar refractivity (Wildman–Crippen MR) is 114 cm³/mol. The number of halogens is 1. The summed E-state index contributed by atoms with van der Waals surface area (Å²) in [5, 5.41) is 15.2. The maximum Gasteiger partial charge on any atom is 0.414 e. The van der Waals surface area contributed by atoms with Crippen molar-refractivity contribution in [3.8, 4) is 0 Å². The fraction of sp³-hybridized carbons (Fsp3) is 0.421. The molecule has 1 saturated heterocycles. The van der Waals surface area contributed by atoms with Crippen LogP contribution in [-0.4, -0.2) is 72.4 Å². The lowest BCUT2D eigenvalue weighted by molar-refractivity contribution is -0.134. The van der Waals surface area contributed by atoms with Gasteiger partial charge in [-0.3, -0.25) is 9.69 Å². The Kier molecular flexibility index (Phi) is 8.58. The Morgan fingerprint density at radius 3 is 2.74 bits per heavy atom. The number of hydrazone groups is 1. The molecule has 3 rings (SSSR count). The summed E-state index contributed by atoms with van der Waals surface area (Å²) in [5.74, 6) is 4.61. The summed E-state index contributed by atoms with van der Waals surface area (Å²) >= 11 is 0. The molecule has 1 unspecified atom stereocenters. The normalized spacial score (nSPS) is 18.2. The number of nitrogens with two attached hydrogens (primary N) is 2. The molecule has 0 radical (unpaired) electrons. The van der Waals surface area contributed by atoms with Gasteiger partial charge in [-0.15, -0.1) is 0 Å². The van der Waals surface area contributed by atoms with E-state index in [9.17, 15) is 14.0 Å². The van der Waals surface area contributed by atoms with Gasteiger partial charge in [0.2, 0.25) is 0 Å². The number of carbonyl (C=O) groups is 2. The van der Waals surface area contributed by atoms with Crippen molar-refractivity contribution in [1.82, 2.24) is 10.0 Å². The second kappa shape index (κ2) is 11.1. The largest absolute Gasteiger partial charge is 0.442 e. The lowest BCUT2D eigenvalue weighted by atomic mass is 10.2. The number of nitrogens with zero attached hydrogens (tertiary/aromatic N) is 5. The average Bonchev–Trinajstić information content (AvgIpc) is 3.14. The highest BCUT2D eigenvalue weighted by atomic mass is 19.1. The van der Waals surface area contributed by atoms with Gasteiger partial charge in [0.05, 0.1) is 31.0 Å². The zero-order chi connectivity index (χ0) is 23.0. The molecule has 2 aliphatic heterocycles. The molecule has 170 valence electrons. The number of hydrogen-bond donors (Lipinski definition) is 3. The number of cyclic esters (lactones) is 1. The minimum atomic E-state index is -0.641. The number of hydrogen-bond acceptors (Lipinski definition) is 9. The van der Waals surface area contributed by atoms with Crippen molar-refractivity contribution < 1.29 is 23.8 Å². The molecule has 0 bridgehead atoms. The third-order valence-electron chi connectivity index (χ3n) is 4.42. The number of aliphatic hydroxyl groups excluding tert-OH is 1. The zero-order valence-electron chi connectivity index (χ0n) is 17.5. The van der Waals surface area contributed by atoms with Crippen LogP contribution in [0.4, 0.5) is 20.6 Å². The van der Waals surface area contributed by atoms with E-state index in [1.54, 1.807) is 6.07 Å². The number of ether oxygens (including phenoxy) is 1. The van der Waals surface area contributed by atoms with E-state index in [1.807, 2.05) is 13.8 Å². The molecule has 11 nitrogen and oxygen atoms in total. The van der Waals surface area contributed by atoms with Crippen molar-refractivity contribution in [2.24, 2.45) is 16.7 Å². The van der Waals surface area contributed by atoms with Gasteiger partial charge in [-0.25, -0.2) is 20.0 Å². The van der Waals surface area contributed by atoms with Gasteiger partial charge in [0.15, 0.2) is 0 Å². The first-order valence-corrected chi connectivity index (χ1v) is 9.82. The highest BCUT2D eigenvalue weighted by Crippen LogP contribution is 2.28. The van der Waals surface area contributed by atoms with Gasteiger partial charge >= 0.3 is 6.09 Å². The monoisotopic (exact) mass is 437 g/mol. The molecule has 0 spiro atoms. The van der Waals surface area contributed by atoms with Gasteiger partial charge in [0, 0.05) is 18.9 Å². The first kappa shape index (κ1) is 23.9. The second-order valence-electron chi connectivity index (χ2n) is 6.39. The molecule has 2 amide bonds. The van der Waals surface area contributed by atoms with Crippen LogP contribution >= 0.6 is 0 Å². The Bertz CT molecular complexity index is 835. The van der Waals surface area contributed by atoms with Gasteiger partial charge < -0.3 is 25.5 Å². The number of carbonyl (C=O) groups excluding carboxylic acids is 2. The first-order chi connectivity index (χ1) is 14.9. The van der Waals surface area contributed by atoms with E-state index >= 15 is 0 Å². The van der Waals surface area contributed by atoms with Gasteiger partial charge in [0.25, 0.3) is 5.91 Å². The summed E-state index contributed by atoms with van der Waals surface area (Å²) in [4.78, 5) is 26.4. The molecular weight excluding hydrogens is 409 g/mol. The lowest BCUT2D eigenvalue weighted by Crippen LogP contribution is -2.42. The molecule has 31 heavy (non-hydrogen) atoms. The highest BCUT2D eigenvalue weighted by Gasteiger charge is 2.33. The molecule has 5 N–H and O–H groups in total. The molecule has 12 heteroatoms. The van der Waals surface area contributed by atoms with Crippen LogP contribution in [-0.2, 0) is 9.53 Å². The molecule has 0 saturated carbocycles. The molecule has 1 aromatic carbocycles. The Balaban J connectivity index is 0.00000166. The van der Waals surface area contributed by atoms with Gasteiger partial charge in [0.1, 0.15) is 24.9 Å². The molecule has 1 fully saturated rings. The lowest BCUT2D eigenvalue weighted by Gasteiger charge is -2.28. The van der Waals surface area contributed by atoms with Crippen LogP contribution in [0.5, 0.6) is 0 Å². The van der Waals surface area contributed by atoms with Crippen LogP contribution in [0.15, 0.2) is 35.7 Å². The average molecular weight is 437 g/mol. The topological polar surface area (TPSA) is 141 Å². The standard InChI is InChI=1S/C17H22FN7O4.C2H6/c18-14-7-12(24-9-13(29-17(24)28)8-23(20)4-3-19)1-2-15(14)22-5-6-25(21-11-22)16(27)10-26;1-2/h1-4,7,11,13,26H,5-6,8-10,19-20H2;1-2H3/b4-3-;. The van der Waals surface area contributed by atoms with E-state index in [-0.39, 0.29) is 25.3 Å². The summed E-state index contributed by atoms with van der Waals surface area (Å²) in [6.07, 6.45) is 2.95. The Morgan fingerprint density at radius 2 is 2.16 bits per heavy atom. The molecule has 1 atom stereocenters. The maximum atomic E-state index is 14.7. The summed E-state index contributed by atoms with van der Waals surface area (Å²) < 4.78 is 19.9. The van der Waals surface area contributed by atoms with E-state index < -0.39 is 30.5 Å². The van der Waals surface area contributed by atoms with Crippen molar-refractivity contribution in [2.45, 2.75) is 20.0 Å². The van der Waals surface area contributed by atoms with Crippen LogP contribution in [0.2, 0.25) is 0 Å². The van der Waals surface area contributed by atoms with Crippen molar-refractivity contribution in [3.05, 3.63) is 36.4 Å². The molecule has 0 aliphatic carbocycles. The zero-order valence-corrected chi connectivity index (χ0v) is 17.5. The van der Waals surface area contributed by atoms with E-state index in [0.717, 1.165) is 5.01 Å². The minimum Gasteiger partial charge on any atom is -0.442 e. The number of aliphatic hydroxyl groups is 1. The van der Waals surface area contributed by atoms with Crippen molar-refractivity contribution in [3.63, 3.8) is 0 Å². The quantitative estimate of drug-likeness (QED) is 0.428. The smallest absolute Gasteiger partial charge is 0.414 e. The van der Waals surface area contributed by atoms with E-state index in [1.165, 1.54) is 45.7 Å². The Morgan fingerprint density at radius 1 is 1.42 bits per heavy atom. The molecule has 2 heterocycles. The number of rotatable bonds is 6. The van der Waals surface area contributed by atoms with Crippen molar-refractivity contribution in [2.75, 3.05) is 42.6 Å². The minimum absolute atomic E-state index is 0.212. The van der Waals surface area contributed by atoms with Gasteiger partial charge in [-0.1, -0.05) is 13.8 Å². The first-order valence-electron chi connectivity index (χ1n) is 9.82. The third kappa shape index (κ3) is 5.83. The SMILES string of the molecule is CC.N/C=C\N(N)CC1CN(c2ccc(N3C=NN(C(=O)CO)CC3)c(F)c2)C(=O)O1. The summed E-state index contributed by atoms with van der Waals surface area (Å²) in [5.41, 5.74) is 5.86. The van der Waals surface area contributed by atoms with Crippen molar-refractivity contribution in [1.29, 1.82) is 0 Å². The molecular formula is C19H28FN7O4. The van der Waals surface area contributed by atoms with Crippen LogP contribution in [0.1, 0.15) is 13.8 Å². The summed E-state index contributed by atoms with van der Waals surface area (Å²) in [7, 11) is 0. The number of amides is 2. The van der Waals surface area contributed by atoms with E-state index in [2.05, 4.69) is 5.10 Å².